The number of hydrogen-bond acceptors (Lipinski definition) is 4. The summed E-state index contributed by atoms with van der Waals surface area (Å²) >= 11 is 3.37. The fourth-order valence-corrected chi connectivity index (χ4v) is 3.45. The van der Waals surface area contributed by atoms with Crippen molar-refractivity contribution in [2.75, 3.05) is 31.1 Å². The van der Waals surface area contributed by atoms with Gasteiger partial charge in [0.05, 0.1) is 5.69 Å². The molecule has 2 aliphatic heterocycles. The van der Waals surface area contributed by atoms with Gasteiger partial charge in [0.2, 0.25) is 11.8 Å². The van der Waals surface area contributed by atoms with Crippen LogP contribution < -0.4 is 15.0 Å². The molecule has 3 rings (SSSR count). The van der Waals surface area contributed by atoms with Crippen LogP contribution in [0, 0.1) is 0 Å². The first-order valence-corrected chi connectivity index (χ1v) is 9.01. The van der Waals surface area contributed by atoms with Crippen molar-refractivity contribution >= 4 is 39.3 Å². The van der Waals surface area contributed by atoms with Gasteiger partial charge in [-0.05, 0) is 31.0 Å². The molecule has 0 atom stereocenters. The van der Waals surface area contributed by atoms with Gasteiger partial charge in [0.1, 0.15) is 12.3 Å². The average molecular weight is 410 g/mol. The monoisotopic (exact) mass is 409 g/mol. The number of nitrogens with one attached hydrogen (secondary N) is 1. The van der Waals surface area contributed by atoms with Crippen LogP contribution in [0.4, 0.5) is 5.69 Å². The molecule has 0 aliphatic carbocycles. The van der Waals surface area contributed by atoms with Crippen LogP contribution in [0.3, 0.4) is 0 Å². The molecular formula is C17H20BrN3O4. The number of piperidine rings is 1. The minimum absolute atomic E-state index is 0.0311. The smallest absolute Gasteiger partial charge is 0.265 e. The number of carbonyl (C=O) groups is 3. The van der Waals surface area contributed by atoms with E-state index in [9.17, 15) is 14.4 Å². The molecule has 0 aromatic heterocycles. The van der Waals surface area contributed by atoms with Gasteiger partial charge in [0, 0.05) is 30.5 Å². The number of rotatable bonds is 3. The normalized spacial score (nSPS) is 17.8. The van der Waals surface area contributed by atoms with Gasteiger partial charge < -0.3 is 15.0 Å². The molecule has 3 amide bonds. The van der Waals surface area contributed by atoms with Gasteiger partial charge in [-0.2, -0.15) is 0 Å². The standard InChI is InChI=1S/C17H20BrN3O4/c1-11(22)20-6-4-13(5-7-20)19-16(23)9-21-14-3-2-12(18)8-15(14)25-10-17(21)24/h2-3,8,13H,4-7,9-10H2,1H3,(H,19,23). The molecule has 1 aromatic carbocycles. The van der Waals surface area contributed by atoms with Gasteiger partial charge >= 0.3 is 0 Å². The van der Waals surface area contributed by atoms with E-state index in [1.807, 2.05) is 6.07 Å². The summed E-state index contributed by atoms with van der Waals surface area (Å²) in [7, 11) is 0. The molecule has 134 valence electrons. The lowest BCUT2D eigenvalue weighted by molar-refractivity contribution is -0.130. The van der Waals surface area contributed by atoms with E-state index in [0.29, 0.717) is 24.5 Å². The predicted octanol–water partition coefficient (Wildman–Crippen LogP) is 1.30. The zero-order valence-electron chi connectivity index (χ0n) is 14.0. The van der Waals surface area contributed by atoms with Crippen LogP contribution in [-0.2, 0) is 14.4 Å². The third kappa shape index (κ3) is 4.12. The van der Waals surface area contributed by atoms with Crippen LogP contribution in [0.25, 0.3) is 0 Å². The molecule has 0 spiro atoms. The summed E-state index contributed by atoms with van der Waals surface area (Å²) in [4.78, 5) is 39.1. The van der Waals surface area contributed by atoms with Crippen LogP contribution >= 0.6 is 15.9 Å². The summed E-state index contributed by atoms with van der Waals surface area (Å²) in [5.74, 6) is 0.199. The van der Waals surface area contributed by atoms with Crippen molar-refractivity contribution in [1.29, 1.82) is 0 Å². The first-order valence-electron chi connectivity index (χ1n) is 8.21. The van der Waals surface area contributed by atoms with Crippen molar-refractivity contribution in [3.05, 3.63) is 22.7 Å². The number of hydrogen-bond donors (Lipinski definition) is 1. The second kappa shape index (κ2) is 7.43. The van der Waals surface area contributed by atoms with Crippen molar-refractivity contribution in [3.63, 3.8) is 0 Å². The number of likely N-dealkylation sites (tertiary alicyclic amines) is 1. The summed E-state index contributed by atoms with van der Waals surface area (Å²) in [5.41, 5.74) is 0.598. The Labute approximate surface area is 154 Å². The maximum absolute atomic E-state index is 12.4. The first kappa shape index (κ1) is 17.7. The van der Waals surface area contributed by atoms with Crippen molar-refractivity contribution in [1.82, 2.24) is 10.2 Å². The van der Waals surface area contributed by atoms with E-state index in [4.69, 9.17) is 4.74 Å². The molecule has 1 N–H and O–H groups in total. The number of amides is 3. The Morgan fingerprint density at radius 3 is 2.72 bits per heavy atom. The van der Waals surface area contributed by atoms with Gasteiger partial charge in [-0.25, -0.2) is 0 Å². The van der Waals surface area contributed by atoms with E-state index < -0.39 is 0 Å². The van der Waals surface area contributed by atoms with Gasteiger partial charge in [0.25, 0.3) is 5.91 Å². The average Bonchev–Trinajstić information content (AvgIpc) is 2.58. The van der Waals surface area contributed by atoms with Crippen LogP contribution in [0.5, 0.6) is 5.75 Å². The number of carbonyl (C=O) groups excluding carboxylic acids is 3. The predicted molar refractivity (Wildman–Crippen MR) is 95.4 cm³/mol. The zero-order valence-corrected chi connectivity index (χ0v) is 15.5. The minimum Gasteiger partial charge on any atom is -0.482 e. The third-order valence-corrected chi connectivity index (χ3v) is 4.97. The molecule has 7 nitrogen and oxygen atoms in total. The Balaban J connectivity index is 1.60. The Hall–Kier alpha value is -2.09. The molecule has 2 aliphatic rings. The highest BCUT2D eigenvalue weighted by molar-refractivity contribution is 9.10. The Morgan fingerprint density at radius 2 is 2.04 bits per heavy atom. The molecule has 1 aromatic rings. The highest BCUT2D eigenvalue weighted by atomic mass is 79.9. The van der Waals surface area contributed by atoms with Crippen LogP contribution in [0.1, 0.15) is 19.8 Å². The van der Waals surface area contributed by atoms with Gasteiger partial charge in [-0.3, -0.25) is 19.3 Å². The highest BCUT2D eigenvalue weighted by Gasteiger charge is 2.29. The topological polar surface area (TPSA) is 79.0 Å². The highest BCUT2D eigenvalue weighted by Crippen LogP contribution is 2.34. The number of nitrogens with zero attached hydrogens (tertiary/aromatic N) is 2. The number of anilines is 1. The fourth-order valence-electron chi connectivity index (χ4n) is 3.11. The minimum atomic E-state index is -0.239. The van der Waals surface area contributed by atoms with E-state index >= 15 is 0 Å². The maximum Gasteiger partial charge on any atom is 0.265 e. The second-order valence-electron chi connectivity index (χ2n) is 6.23. The van der Waals surface area contributed by atoms with E-state index in [0.717, 1.165) is 17.3 Å². The molecule has 1 saturated heterocycles. The number of fused-ring (bicyclic) bond motifs is 1. The summed E-state index contributed by atoms with van der Waals surface area (Å²) in [5, 5.41) is 2.97. The number of benzene rings is 1. The second-order valence-corrected chi connectivity index (χ2v) is 7.14. The van der Waals surface area contributed by atoms with Crippen molar-refractivity contribution in [2.24, 2.45) is 0 Å². The first-order chi connectivity index (χ1) is 11.9. The van der Waals surface area contributed by atoms with E-state index in [2.05, 4.69) is 21.2 Å². The zero-order chi connectivity index (χ0) is 18.0. The Bertz CT molecular complexity index is 701. The Morgan fingerprint density at radius 1 is 1.32 bits per heavy atom. The van der Waals surface area contributed by atoms with E-state index in [-0.39, 0.29) is 36.9 Å². The summed E-state index contributed by atoms with van der Waals surface area (Å²) in [6, 6.07) is 5.38. The van der Waals surface area contributed by atoms with Crippen LogP contribution in [0.2, 0.25) is 0 Å². The number of halogens is 1. The van der Waals surface area contributed by atoms with Crippen LogP contribution in [-0.4, -0.2) is 54.9 Å². The Kier molecular flexibility index (Phi) is 5.27. The van der Waals surface area contributed by atoms with Crippen molar-refractivity contribution < 1.29 is 19.1 Å². The largest absolute Gasteiger partial charge is 0.482 e. The molecule has 2 heterocycles. The van der Waals surface area contributed by atoms with Crippen LogP contribution in [0.15, 0.2) is 22.7 Å². The summed E-state index contributed by atoms with van der Waals surface area (Å²) < 4.78 is 6.27. The molecule has 0 radical (unpaired) electrons. The van der Waals surface area contributed by atoms with Crippen molar-refractivity contribution in [3.8, 4) is 5.75 Å². The SMILES string of the molecule is CC(=O)N1CCC(NC(=O)CN2C(=O)COc3cc(Br)ccc32)CC1. The van der Waals surface area contributed by atoms with Gasteiger partial charge in [0.15, 0.2) is 6.61 Å². The molecule has 0 saturated carbocycles. The molecule has 25 heavy (non-hydrogen) atoms. The van der Waals surface area contributed by atoms with E-state index in [1.54, 1.807) is 24.0 Å². The lowest BCUT2D eigenvalue weighted by atomic mass is 10.0. The molecule has 0 bridgehead atoms. The quantitative estimate of drug-likeness (QED) is 0.815. The molecular weight excluding hydrogens is 390 g/mol. The lowest BCUT2D eigenvalue weighted by Crippen LogP contribution is -2.50. The van der Waals surface area contributed by atoms with Gasteiger partial charge in [-0.1, -0.05) is 15.9 Å². The molecule has 1 fully saturated rings. The fraction of sp³-hybridized carbons (Fsp3) is 0.471. The van der Waals surface area contributed by atoms with E-state index in [1.165, 1.54) is 4.90 Å². The maximum atomic E-state index is 12.4. The van der Waals surface area contributed by atoms with Gasteiger partial charge in [-0.15, -0.1) is 0 Å². The lowest BCUT2D eigenvalue weighted by Gasteiger charge is -2.33. The van der Waals surface area contributed by atoms with Crippen molar-refractivity contribution in [2.45, 2.75) is 25.8 Å². The molecule has 8 heteroatoms. The molecule has 0 unspecified atom stereocenters. The summed E-state index contributed by atoms with van der Waals surface area (Å²) in [6.45, 7) is 2.73. The number of ether oxygens (including phenoxy) is 1. The summed E-state index contributed by atoms with van der Waals surface area (Å²) in [6.07, 6.45) is 1.46. The third-order valence-electron chi connectivity index (χ3n) is 4.47.